The van der Waals surface area contributed by atoms with Gasteiger partial charge in [-0.25, -0.2) is 0 Å². The fourth-order valence-corrected chi connectivity index (χ4v) is 2.33. The maximum Gasteiger partial charge on any atom is 0.166 e. The van der Waals surface area contributed by atoms with Crippen molar-refractivity contribution in [2.24, 2.45) is 0 Å². The maximum atomic E-state index is 11.9. The van der Waals surface area contributed by atoms with Crippen molar-refractivity contribution in [2.45, 2.75) is 26.7 Å². The van der Waals surface area contributed by atoms with Crippen LogP contribution in [0.4, 0.5) is 0 Å². The SMILES string of the molecule is CCC(=O)c1ccccc1OCCOc1ccccc1C(=O)CC. The fraction of sp³-hybridized carbons (Fsp3) is 0.300. The summed E-state index contributed by atoms with van der Waals surface area (Å²) in [5, 5.41) is 0. The molecule has 0 bridgehead atoms. The number of rotatable bonds is 9. The van der Waals surface area contributed by atoms with E-state index < -0.39 is 0 Å². The molecular weight excluding hydrogens is 304 g/mol. The molecule has 24 heavy (non-hydrogen) atoms. The molecule has 0 N–H and O–H groups in total. The van der Waals surface area contributed by atoms with Gasteiger partial charge < -0.3 is 9.47 Å². The Hall–Kier alpha value is -2.62. The summed E-state index contributed by atoms with van der Waals surface area (Å²) >= 11 is 0. The third-order valence-corrected chi connectivity index (χ3v) is 3.62. The molecule has 0 unspecified atom stereocenters. The lowest BCUT2D eigenvalue weighted by Crippen LogP contribution is -2.12. The van der Waals surface area contributed by atoms with E-state index in [9.17, 15) is 9.59 Å². The van der Waals surface area contributed by atoms with E-state index in [0.29, 0.717) is 48.7 Å². The molecule has 0 aliphatic rings. The van der Waals surface area contributed by atoms with Crippen molar-refractivity contribution in [3.05, 3.63) is 59.7 Å². The lowest BCUT2D eigenvalue weighted by atomic mass is 10.1. The third-order valence-electron chi connectivity index (χ3n) is 3.62. The number of para-hydroxylation sites is 2. The van der Waals surface area contributed by atoms with Gasteiger partial charge in [0.1, 0.15) is 24.7 Å². The van der Waals surface area contributed by atoms with Crippen LogP contribution < -0.4 is 9.47 Å². The summed E-state index contributed by atoms with van der Waals surface area (Å²) in [6.45, 7) is 4.24. The molecule has 0 saturated heterocycles. The molecule has 4 nitrogen and oxygen atoms in total. The highest BCUT2D eigenvalue weighted by atomic mass is 16.5. The summed E-state index contributed by atoms with van der Waals surface area (Å²) in [5.74, 6) is 1.22. The zero-order valence-electron chi connectivity index (χ0n) is 14.1. The predicted octanol–water partition coefficient (Wildman–Crippen LogP) is 4.33. The van der Waals surface area contributed by atoms with Crippen molar-refractivity contribution in [2.75, 3.05) is 13.2 Å². The van der Waals surface area contributed by atoms with E-state index >= 15 is 0 Å². The highest BCUT2D eigenvalue weighted by Crippen LogP contribution is 2.21. The second-order valence-electron chi connectivity index (χ2n) is 5.24. The second kappa shape index (κ2) is 8.87. The highest BCUT2D eigenvalue weighted by molar-refractivity contribution is 5.98. The lowest BCUT2D eigenvalue weighted by molar-refractivity contribution is 0.0971. The molecule has 2 rings (SSSR count). The van der Waals surface area contributed by atoms with Crippen LogP contribution in [0.25, 0.3) is 0 Å². The van der Waals surface area contributed by atoms with Gasteiger partial charge in [0.25, 0.3) is 0 Å². The molecule has 0 aliphatic carbocycles. The van der Waals surface area contributed by atoms with E-state index in [1.807, 2.05) is 38.1 Å². The Balaban J connectivity index is 1.95. The van der Waals surface area contributed by atoms with Crippen molar-refractivity contribution in [1.29, 1.82) is 0 Å². The third kappa shape index (κ3) is 4.44. The van der Waals surface area contributed by atoms with E-state index in [1.165, 1.54) is 0 Å². The minimum atomic E-state index is 0.0467. The Kier molecular flexibility index (Phi) is 6.55. The Morgan fingerprint density at radius 1 is 0.708 bits per heavy atom. The number of carbonyl (C=O) groups excluding carboxylic acids is 2. The number of hydrogen-bond acceptors (Lipinski definition) is 4. The Morgan fingerprint density at radius 2 is 1.08 bits per heavy atom. The van der Waals surface area contributed by atoms with Gasteiger partial charge in [-0.1, -0.05) is 38.1 Å². The second-order valence-corrected chi connectivity index (χ2v) is 5.24. The number of ether oxygens (including phenoxy) is 2. The molecule has 2 aromatic carbocycles. The summed E-state index contributed by atoms with van der Waals surface area (Å²) in [4.78, 5) is 23.8. The standard InChI is InChI=1S/C20H22O4/c1-3-17(21)15-9-5-7-11-19(15)23-13-14-24-20-12-8-6-10-16(20)18(22)4-2/h5-12H,3-4,13-14H2,1-2H3. The van der Waals surface area contributed by atoms with Crippen molar-refractivity contribution in [3.8, 4) is 11.5 Å². The molecule has 0 fully saturated rings. The van der Waals surface area contributed by atoms with Crippen LogP contribution in [0.2, 0.25) is 0 Å². The minimum Gasteiger partial charge on any atom is -0.489 e. The molecule has 2 aromatic rings. The first-order valence-corrected chi connectivity index (χ1v) is 8.17. The maximum absolute atomic E-state index is 11.9. The van der Waals surface area contributed by atoms with Gasteiger partial charge in [-0.2, -0.15) is 0 Å². The van der Waals surface area contributed by atoms with Crippen LogP contribution in [0.1, 0.15) is 47.4 Å². The van der Waals surface area contributed by atoms with Gasteiger partial charge in [0.2, 0.25) is 0 Å². The molecule has 0 saturated carbocycles. The van der Waals surface area contributed by atoms with Crippen LogP contribution in [-0.2, 0) is 0 Å². The van der Waals surface area contributed by atoms with E-state index in [4.69, 9.17) is 9.47 Å². The first-order valence-electron chi connectivity index (χ1n) is 8.17. The lowest BCUT2D eigenvalue weighted by Gasteiger charge is -2.12. The number of Topliss-reactive ketones (excluding diaryl/α,β-unsaturated/α-hetero) is 2. The summed E-state index contributed by atoms with van der Waals surface area (Å²) in [7, 11) is 0. The molecule has 0 atom stereocenters. The molecule has 0 aromatic heterocycles. The molecule has 4 heteroatoms. The molecule has 0 radical (unpaired) electrons. The van der Waals surface area contributed by atoms with Crippen molar-refractivity contribution >= 4 is 11.6 Å². The molecule has 0 heterocycles. The molecule has 126 valence electrons. The van der Waals surface area contributed by atoms with E-state index in [-0.39, 0.29) is 11.6 Å². The van der Waals surface area contributed by atoms with Gasteiger partial charge >= 0.3 is 0 Å². The number of ketones is 2. The van der Waals surface area contributed by atoms with Gasteiger partial charge in [-0.3, -0.25) is 9.59 Å². The van der Waals surface area contributed by atoms with Crippen molar-refractivity contribution in [3.63, 3.8) is 0 Å². The van der Waals surface area contributed by atoms with Crippen LogP contribution >= 0.6 is 0 Å². The number of hydrogen-bond donors (Lipinski definition) is 0. The van der Waals surface area contributed by atoms with Gasteiger partial charge in [0, 0.05) is 12.8 Å². The number of carbonyl (C=O) groups is 2. The van der Waals surface area contributed by atoms with Crippen LogP contribution in [-0.4, -0.2) is 24.8 Å². The van der Waals surface area contributed by atoms with Crippen LogP contribution in [0.15, 0.2) is 48.5 Å². The van der Waals surface area contributed by atoms with Gasteiger partial charge in [0.15, 0.2) is 11.6 Å². The average Bonchev–Trinajstić information content (AvgIpc) is 2.64. The monoisotopic (exact) mass is 326 g/mol. The Morgan fingerprint density at radius 3 is 1.46 bits per heavy atom. The Bertz CT molecular complexity index is 645. The quantitative estimate of drug-likeness (QED) is 0.508. The zero-order chi connectivity index (χ0) is 17.4. The first kappa shape index (κ1) is 17.7. The molecular formula is C20H22O4. The summed E-state index contributed by atoms with van der Waals surface area (Å²) in [6, 6.07) is 14.4. The molecule has 0 aliphatic heterocycles. The normalized spacial score (nSPS) is 10.2. The van der Waals surface area contributed by atoms with Gasteiger partial charge in [0.05, 0.1) is 11.1 Å². The topological polar surface area (TPSA) is 52.6 Å². The van der Waals surface area contributed by atoms with E-state index in [2.05, 4.69) is 0 Å². The van der Waals surface area contributed by atoms with Crippen molar-refractivity contribution < 1.29 is 19.1 Å². The van der Waals surface area contributed by atoms with Crippen LogP contribution in [0.3, 0.4) is 0 Å². The van der Waals surface area contributed by atoms with E-state index in [0.717, 1.165) is 0 Å². The van der Waals surface area contributed by atoms with Crippen LogP contribution in [0.5, 0.6) is 11.5 Å². The van der Waals surface area contributed by atoms with Crippen LogP contribution in [0, 0.1) is 0 Å². The van der Waals surface area contributed by atoms with Gasteiger partial charge in [-0.15, -0.1) is 0 Å². The summed E-state index contributed by atoms with van der Waals surface area (Å²) in [6.07, 6.45) is 0.868. The Labute approximate surface area is 142 Å². The zero-order valence-corrected chi connectivity index (χ0v) is 14.1. The highest BCUT2D eigenvalue weighted by Gasteiger charge is 2.11. The molecule has 0 spiro atoms. The summed E-state index contributed by atoms with van der Waals surface area (Å²) < 4.78 is 11.4. The minimum absolute atomic E-state index is 0.0467. The first-order chi connectivity index (χ1) is 11.7. The fourth-order valence-electron chi connectivity index (χ4n) is 2.33. The van der Waals surface area contributed by atoms with Gasteiger partial charge in [-0.05, 0) is 24.3 Å². The number of benzene rings is 2. The van der Waals surface area contributed by atoms with Crippen molar-refractivity contribution in [1.82, 2.24) is 0 Å². The smallest absolute Gasteiger partial charge is 0.166 e. The predicted molar refractivity (Wildman–Crippen MR) is 93.1 cm³/mol. The average molecular weight is 326 g/mol. The molecule has 0 amide bonds. The van der Waals surface area contributed by atoms with E-state index in [1.54, 1.807) is 24.3 Å². The summed E-state index contributed by atoms with van der Waals surface area (Å²) in [5.41, 5.74) is 1.17. The largest absolute Gasteiger partial charge is 0.489 e.